The van der Waals surface area contributed by atoms with Crippen molar-refractivity contribution < 1.29 is 9.84 Å². The second-order valence-electron chi connectivity index (χ2n) is 3.76. The molecule has 3 N–H and O–H groups in total. The highest BCUT2D eigenvalue weighted by atomic mass is 16.5. The largest absolute Gasteiger partial charge is 0.396 e. The van der Waals surface area contributed by atoms with Crippen LogP contribution in [-0.2, 0) is 4.74 Å². The SMILES string of the molecule is COCCN(CCN)CCCCCCO. The standard InChI is InChI=1S/C11H26N2O2/c1-15-11-9-13(8-6-12)7-4-2-3-5-10-14/h14H,2-12H2,1H3. The van der Waals surface area contributed by atoms with Crippen molar-refractivity contribution in [1.29, 1.82) is 0 Å². The lowest BCUT2D eigenvalue weighted by molar-refractivity contribution is 0.148. The monoisotopic (exact) mass is 218 g/mol. The molecule has 0 heterocycles. The van der Waals surface area contributed by atoms with Crippen molar-refractivity contribution in [3.05, 3.63) is 0 Å². The van der Waals surface area contributed by atoms with Crippen molar-refractivity contribution in [2.24, 2.45) is 5.73 Å². The third-order valence-electron chi connectivity index (χ3n) is 2.44. The Kier molecular flexibility index (Phi) is 11.8. The van der Waals surface area contributed by atoms with E-state index in [-0.39, 0.29) is 0 Å². The number of nitrogens with zero attached hydrogens (tertiary/aromatic N) is 1. The van der Waals surface area contributed by atoms with Crippen molar-refractivity contribution >= 4 is 0 Å². The summed E-state index contributed by atoms with van der Waals surface area (Å²) in [4.78, 5) is 2.34. The van der Waals surface area contributed by atoms with Gasteiger partial charge in [-0.15, -0.1) is 0 Å². The Hall–Kier alpha value is -0.160. The first-order chi connectivity index (χ1) is 7.35. The van der Waals surface area contributed by atoms with Crippen molar-refractivity contribution in [3.63, 3.8) is 0 Å². The molecule has 15 heavy (non-hydrogen) atoms. The summed E-state index contributed by atoms with van der Waals surface area (Å²) in [6, 6.07) is 0. The summed E-state index contributed by atoms with van der Waals surface area (Å²) in [5.74, 6) is 0. The Morgan fingerprint density at radius 2 is 1.80 bits per heavy atom. The zero-order valence-corrected chi connectivity index (χ0v) is 9.95. The molecule has 0 aliphatic carbocycles. The molecule has 0 aliphatic heterocycles. The minimum atomic E-state index is 0.316. The molecule has 4 nitrogen and oxygen atoms in total. The van der Waals surface area contributed by atoms with Crippen LogP contribution in [0.5, 0.6) is 0 Å². The molecule has 0 saturated heterocycles. The molecule has 0 bridgehead atoms. The predicted molar refractivity (Wildman–Crippen MR) is 62.9 cm³/mol. The Labute approximate surface area is 93.4 Å². The van der Waals surface area contributed by atoms with E-state index in [1.807, 2.05) is 0 Å². The summed E-state index contributed by atoms with van der Waals surface area (Å²) in [6.45, 7) is 4.80. The van der Waals surface area contributed by atoms with Crippen LogP contribution in [0.3, 0.4) is 0 Å². The number of aliphatic hydroxyl groups is 1. The van der Waals surface area contributed by atoms with E-state index in [9.17, 15) is 0 Å². The predicted octanol–water partition coefficient (Wildman–Crippen LogP) is 0.446. The van der Waals surface area contributed by atoms with Gasteiger partial charge < -0.3 is 15.6 Å². The summed E-state index contributed by atoms with van der Waals surface area (Å²) in [5, 5.41) is 8.63. The average molecular weight is 218 g/mol. The smallest absolute Gasteiger partial charge is 0.0589 e. The van der Waals surface area contributed by atoms with E-state index in [0.29, 0.717) is 13.2 Å². The molecule has 0 fully saturated rings. The lowest BCUT2D eigenvalue weighted by Crippen LogP contribution is -2.33. The molecule has 0 unspecified atom stereocenters. The van der Waals surface area contributed by atoms with Crippen LogP contribution in [0.25, 0.3) is 0 Å². The summed E-state index contributed by atoms with van der Waals surface area (Å²) in [7, 11) is 1.72. The molecule has 0 spiro atoms. The van der Waals surface area contributed by atoms with Crippen LogP contribution in [0.2, 0.25) is 0 Å². The number of rotatable bonds is 11. The van der Waals surface area contributed by atoms with Crippen LogP contribution in [-0.4, -0.2) is 56.5 Å². The highest BCUT2D eigenvalue weighted by Crippen LogP contribution is 2.01. The van der Waals surface area contributed by atoms with Gasteiger partial charge in [0.2, 0.25) is 0 Å². The van der Waals surface area contributed by atoms with Crippen LogP contribution in [0.15, 0.2) is 0 Å². The molecule has 4 heteroatoms. The fourth-order valence-corrected chi connectivity index (χ4v) is 1.54. The van der Waals surface area contributed by atoms with Gasteiger partial charge in [0.1, 0.15) is 0 Å². The van der Waals surface area contributed by atoms with Gasteiger partial charge in [-0.3, -0.25) is 4.90 Å². The van der Waals surface area contributed by atoms with E-state index >= 15 is 0 Å². The normalized spacial score (nSPS) is 11.2. The molecule has 0 rings (SSSR count). The first-order valence-electron chi connectivity index (χ1n) is 5.87. The fourth-order valence-electron chi connectivity index (χ4n) is 1.54. The van der Waals surface area contributed by atoms with Crippen LogP contribution in [0.1, 0.15) is 25.7 Å². The van der Waals surface area contributed by atoms with Gasteiger partial charge in [0.05, 0.1) is 6.61 Å². The third-order valence-corrected chi connectivity index (χ3v) is 2.44. The van der Waals surface area contributed by atoms with Crippen LogP contribution in [0, 0.1) is 0 Å². The van der Waals surface area contributed by atoms with Gasteiger partial charge in [0, 0.05) is 33.4 Å². The molecule has 0 radical (unpaired) electrons. The number of hydrogen-bond donors (Lipinski definition) is 2. The molecule has 0 amide bonds. The molecule has 0 aromatic carbocycles. The summed E-state index contributed by atoms with van der Waals surface area (Å²) < 4.78 is 5.05. The van der Waals surface area contributed by atoms with Crippen LogP contribution >= 0.6 is 0 Å². The highest BCUT2D eigenvalue weighted by molar-refractivity contribution is 4.58. The number of methoxy groups -OCH3 is 1. The Morgan fingerprint density at radius 1 is 1.07 bits per heavy atom. The molecule has 0 aliphatic rings. The molecule has 0 aromatic heterocycles. The number of aliphatic hydroxyl groups excluding tert-OH is 1. The second-order valence-corrected chi connectivity index (χ2v) is 3.76. The maximum atomic E-state index is 8.63. The van der Waals surface area contributed by atoms with Crippen LogP contribution < -0.4 is 5.73 Å². The number of unbranched alkanes of at least 4 members (excludes halogenated alkanes) is 3. The summed E-state index contributed by atoms with van der Waals surface area (Å²) in [5.41, 5.74) is 5.54. The number of nitrogens with two attached hydrogens (primary N) is 1. The molecular weight excluding hydrogens is 192 g/mol. The minimum Gasteiger partial charge on any atom is -0.396 e. The Balaban J connectivity index is 3.38. The maximum absolute atomic E-state index is 8.63. The van der Waals surface area contributed by atoms with E-state index in [0.717, 1.165) is 39.1 Å². The van der Waals surface area contributed by atoms with E-state index in [2.05, 4.69) is 4.90 Å². The first-order valence-corrected chi connectivity index (χ1v) is 5.87. The Morgan fingerprint density at radius 3 is 2.40 bits per heavy atom. The summed E-state index contributed by atoms with van der Waals surface area (Å²) in [6.07, 6.45) is 4.42. The van der Waals surface area contributed by atoms with Crippen molar-refractivity contribution in [2.45, 2.75) is 25.7 Å². The van der Waals surface area contributed by atoms with E-state index in [1.54, 1.807) is 7.11 Å². The Bertz CT molecular complexity index is 123. The average Bonchev–Trinajstić information content (AvgIpc) is 2.25. The van der Waals surface area contributed by atoms with Crippen molar-refractivity contribution in [3.8, 4) is 0 Å². The van der Waals surface area contributed by atoms with E-state index in [4.69, 9.17) is 15.6 Å². The quantitative estimate of drug-likeness (QED) is 0.494. The second kappa shape index (κ2) is 11.9. The molecule has 0 aromatic rings. The van der Waals surface area contributed by atoms with Gasteiger partial charge in [0.15, 0.2) is 0 Å². The van der Waals surface area contributed by atoms with Gasteiger partial charge in [-0.05, 0) is 19.4 Å². The van der Waals surface area contributed by atoms with Gasteiger partial charge in [-0.2, -0.15) is 0 Å². The van der Waals surface area contributed by atoms with Gasteiger partial charge in [-0.1, -0.05) is 12.8 Å². The third kappa shape index (κ3) is 10.1. The van der Waals surface area contributed by atoms with Crippen molar-refractivity contribution in [1.82, 2.24) is 4.90 Å². The first kappa shape index (κ1) is 14.8. The minimum absolute atomic E-state index is 0.316. The molecule has 0 saturated carbocycles. The van der Waals surface area contributed by atoms with Crippen molar-refractivity contribution in [2.75, 3.05) is 46.5 Å². The molecular formula is C11H26N2O2. The van der Waals surface area contributed by atoms with Gasteiger partial charge in [-0.25, -0.2) is 0 Å². The zero-order chi connectivity index (χ0) is 11.4. The molecule has 0 atom stereocenters. The lowest BCUT2D eigenvalue weighted by atomic mass is 10.2. The highest BCUT2D eigenvalue weighted by Gasteiger charge is 2.02. The number of ether oxygens (including phenoxy) is 1. The maximum Gasteiger partial charge on any atom is 0.0589 e. The van der Waals surface area contributed by atoms with E-state index < -0.39 is 0 Å². The van der Waals surface area contributed by atoms with Gasteiger partial charge in [0.25, 0.3) is 0 Å². The van der Waals surface area contributed by atoms with E-state index in [1.165, 1.54) is 12.8 Å². The summed E-state index contributed by atoms with van der Waals surface area (Å²) >= 11 is 0. The number of hydrogen-bond acceptors (Lipinski definition) is 4. The van der Waals surface area contributed by atoms with Gasteiger partial charge >= 0.3 is 0 Å². The lowest BCUT2D eigenvalue weighted by Gasteiger charge is -2.20. The topological polar surface area (TPSA) is 58.7 Å². The molecule has 92 valence electrons. The van der Waals surface area contributed by atoms with Crippen LogP contribution in [0.4, 0.5) is 0 Å². The zero-order valence-electron chi connectivity index (χ0n) is 9.95. The fraction of sp³-hybridized carbons (Fsp3) is 1.00.